The maximum absolute atomic E-state index is 11.6. The van der Waals surface area contributed by atoms with Crippen LogP contribution in [0.5, 0.6) is 0 Å². The van der Waals surface area contributed by atoms with E-state index < -0.39 is 14.6 Å². The molecule has 0 atom stereocenters. The molecule has 0 saturated heterocycles. The lowest BCUT2D eigenvalue weighted by molar-refractivity contribution is 0.112. The predicted molar refractivity (Wildman–Crippen MR) is 57.6 cm³/mol. The molecule has 0 N–H and O–H groups in total. The second-order valence-electron chi connectivity index (χ2n) is 4.01. The Hall–Kier alpha value is -1.16. The summed E-state index contributed by atoms with van der Waals surface area (Å²) in [6.45, 7) is 0. The Bertz CT molecular complexity index is 481. The predicted octanol–water partition coefficient (Wildman–Crippen LogP) is 1.53. The van der Waals surface area contributed by atoms with Gasteiger partial charge in [0.05, 0.1) is 4.75 Å². The standard InChI is InChI=1S/C11H12O3S/c1-15(13,14)11(6-7-11)10-4-2-9(8-12)3-5-10/h2-5,8H,6-7H2,1H3. The molecular weight excluding hydrogens is 212 g/mol. The zero-order chi connectivity index (χ0) is 11.1. The van der Waals surface area contributed by atoms with E-state index in [1.807, 2.05) is 0 Å². The molecule has 1 aromatic carbocycles. The fourth-order valence-electron chi connectivity index (χ4n) is 1.85. The highest BCUT2D eigenvalue weighted by molar-refractivity contribution is 7.92. The van der Waals surface area contributed by atoms with Crippen molar-refractivity contribution in [2.24, 2.45) is 0 Å². The summed E-state index contributed by atoms with van der Waals surface area (Å²) < 4.78 is 22.5. The van der Waals surface area contributed by atoms with Crippen molar-refractivity contribution < 1.29 is 13.2 Å². The molecule has 4 heteroatoms. The molecule has 0 amide bonds. The second-order valence-corrected chi connectivity index (χ2v) is 6.33. The Morgan fingerprint density at radius 1 is 1.20 bits per heavy atom. The van der Waals surface area contributed by atoms with Crippen LogP contribution in [-0.4, -0.2) is 21.0 Å². The van der Waals surface area contributed by atoms with Crippen molar-refractivity contribution in [3.63, 3.8) is 0 Å². The molecule has 1 aliphatic carbocycles. The van der Waals surface area contributed by atoms with Crippen LogP contribution in [-0.2, 0) is 14.6 Å². The third-order valence-electron chi connectivity index (χ3n) is 2.99. The van der Waals surface area contributed by atoms with Gasteiger partial charge >= 0.3 is 0 Å². The van der Waals surface area contributed by atoms with Crippen LogP contribution >= 0.6 is 0 Å². The number of sulfone groups is 1. The van der Waals surface area contributed by atoms with Gasteiger partial charge in [0.2, 0.25) is 0 Å². The third-order valence-corrected chi connectivity index (χ3v) is 5.05. The van der Waals surface area contributed by atoms with Gasteiger partial charge < -0.3 is 0 Å². The van der Waals surface area contributed by atoms with Gasteiger partial charge in [-0.3, -0.25) is 4.79 Å². The van der Waals surface area contributed by atoms with E-state index in [0.717, 1.165) is 11.8 Å². The number of benzene rings is 1. The molecule has 1 fully saturated rings. The van der Waals surface area contributed by atoms with Gasteiger partial charge in [-0.15, -0.1) is 0 Å². The highest BCUT2D eigenvalue weighted by Crippen LogP contribution is 2.52. The molecular formula is C11H12O3S. The maximum Gasteiger partial charge on any atom is 0.157 e. The highest BCUT2D eigenvalue weighted by atomic mass is 32.2. The first-order valence-electron chi connectivity index (χ1n) is 4.75. The fraction of sp³-hybridized carbons (Fsp3) is 0.364. The van der Waals surface area contributed by atoms with E-state index in [0.29, 0.717) is 18.4 Å². The van der Waals surface area contributed by atoms with E-state index >= 15 is 0 Å². The van der Waals surface area contributed by atoms with Gasteiger partial charge in [-0.2, -0.15) is 0 Å². The summed E-state index contributed by atoms with van der Waals surface area (Å²) in [7, 11) is -3.05. The summed E-state index contributed by atoms with van der Waals surface area (Å²) in [6, 6.07) is 6.79. The van der Waals surface area contributed by atoms with Gasteiger partial charge in [-0.05, 0) is 18.4 Å². The topological polar surface area (TPSA) is 51.2 Å². The molecule has 0 aliphatic heterocycles. The molecule has 3 nitrogen and oxygen atoms in total. The van der Waals surface area contributed by atoms with Crippen LogP contribution in [0.25, 0.3) is 0 Å². The Morgan fingerprint density at radius 2 is 1.73 bits per heavy atom. The Labute approximate surface area is 89.0 Å². The zero-order valence-corrected chi connectivity index (χ0v) is 9.25. The molecule has 0 heterocycles. The van der Waals surface area contributed by atoms with E-state index in [1.165, 1.54) is 6.26 Å². The lowest BCUT2D eigenvalue weighted by atomic mass is 10.1. The molecule has 1 aromatic rings. The van der Waals surface area contributed by atoms with Crippen molar-refractivity contribution in [2.75, 3.05) is 6.26 Å². The molecule has 80 valence electrons. The monoisotopic (exact) mass is 224 g/mol. The van der Waals surface area contributed by atoms with Gasteiger partial charge in [0, 0.05) is 11.8 Å². The maximum atomic E-state index is 11.6. The summed E-state index contributed by atoms with van der Waals surface area (Å²) in [5.74, 6) is 0. The summed E-state index contributed by atoms with van der Waals surface area (Å²) in [6.07, 6.45) is 3.40. The minimum Gasteiger partial charge on any atom is -0.298 e. The van der Waals surface area contributed by atoms with Gasteiger partial charge in [0.1, 0.15) is 6.29 Å². The SMILES string of the molecule is CS(=O)(=O)C1(c2ccc(C=O)cc2)CC1. The van der Waals surface area contributed by atoms with Crippen LogP contribution in [0.2, 0.25) is 0 Å². The fourth-order valence-corrected chi connectivity index (χ4v) is 3.26. The number of hydrogen-bond acceptors (Lipinski definition) is 3. The molecule has 2 rings (SSSR count). The van der Waals surface area contributed by atoms with Crippen LogP contribution in [0.15, 0.2) is 24.3 Å². The third kappa shape index (κ3) is 1.59. The van der Waals surface area contributed by atoms with Crippen molar-refractivity contribution in [2.45, 2.75) is 17.6 Å². The van der Waals surface area contributed by atoms with Crippen LogP contribution in [0.3, 0.4) is 0 Å². The first-order chi connectivity index (χ1) is 6.99. The molecule has 0 bridgehead atoms. The van der Waals surface area contributed by atoms with Gasteiger partial charge in [-0.25, -0.2) is 8.42 Å². The lowest BCUT2D eigenvalue weighted by Crippen LogP contribution is -2.19. The van der Waals surface area contributed by atoms with Crippen molar-refractivity contribution in [1.82, 2.24) is 0 Å². The smallest absolute Gasteiger partial charge is 0.157 e. The second kappa shape index (κ2) is 3.17. The van der Waals surface area contributed by atoms with Gasteiger partial charge in [0.15, 0.2) is 9.84 Å². The number of carbonyl (C=O) groups excluding carboxylic acids is 1. The summed E-state index contributed by atoms with van der Waals surface area (Å²) in [5.41, 5.74) is 1.37. The summed E-state index contributed by atoms with van der Waals surface area (Å²) in [4.78, 5) is 10.5. The van der Waals surface area contributed by atoms with E-state index in [9.17, 15) is 13.2 Å². The number of carbonyl (C=O) groups is 1. The Morgan fingerprint density at radius 3 is 2.07 bits per heavy atom. The first kappa shape index (κ1) is 10.4. The molecule has 0 unspecified atom stereocenters. The van der Waals surface area contributed by atoms with Crippen LogP contribution in [0.1, 0.15) is 28.8 Å². The van der Waals surface area contributed by atoms with E-state index in [2.05, 4.69) is 0 Å². The zero-order valence-electron chi connectivity index (χ0n) is 8.43. The van der Waals surface area contributed by atoms with Crippen molar-refractivity contribution in [1.29, 1.82) is 0 Å². The van der Waals surface area contributed by atoms with Gasteiger partial charge in [-0.1, -0.05) is 24.3 Å². The summed E-state index contributed by atoms with van der Waals surface area (Å²) >= 11 is 0. The quantitative estimate of drug-likeness (QED) is 0.732. The average Bonchev–Trinajstić information content (AvgIpc) is 2.98. The number of aldehydes is 1. The van der Waals surface area contributed by atoms with E-state index in [4.69, 9.17) is 0 Å². The minimum absolute atomic E-state index is 0.572. The number of rotatable bonds is 3. The van der Waals surface area contributed by atoms with Crippen LogP contribution in [0.4, 0.5) is 0 Å². The van der Waals surface area contributed by atoms with Gasteiger partial charge in [0.25, 0.3) is 0 Å². The minimum atomic E-state index is -3.05. The summed E-state index contributed by atoms with van der Waals surface area (Å²) in [5, 5.41) is 0. The highest BCUT2D eigenvalue weighted by Gasteiger charge is 2.53. The molecule has 1 aliphatic rings. The van der Waals surface area contributed by atoms with Crippen molar-refractivity contribution in [3.8, 4) is 0 Å². The van der Waals surface area contributed by atoms with E-state index in [1.54, 1.807) is 24.3 Å². The van der Waals surface area contributed by atoms with E-state index in [-0.39, 0.29) is 0 Å². The molecule has 0 spiro atoms. The molecule has 15 heavy (non-hydrogen) atoms. The molecule has 0 radical (unpaired) electrons. The lowest BCUT2D eigenvalue weighted by Gasteiger charge is -2.13. The molecule has 1 saturated carbocycles. The Balaban J connectivity index is 2.43. The van der Waals surface area contributed by atoms with Crippen LogP contribution < -0.4 is 0 Å². The van der Waals surface area contributed by atoms with Crippen molar-refractivity contribution >= 4 is 16.1 Å². The normalized spacial score (nSPS) is 18.5. The Kier molecular flexibility index (Phi) is 2.19. The average molecular weight is 224 g/mol. The van der Waals surface area contributed by atoms with Crippen molar-refractivity contribution in [3.05, 3.63) is 35.4 Å². The number of hydrogen-bond donors (Lipinski definition) is 0. The molecule has 0 aromatic heterocycles. The van der Waals surface area contributed by atoms with Crippen LogP contribution in [0, 0.1) is 0 Å². The largest absolute Gasteiger partial charge is 0.298 e. The first-order valence-corrected chi connectivity index (χ1v) is 6.64.